The van der Waals surface area contributed by atoms with Crippen molar-refractivity contribution in [2.45, 2.75) is 225 Å². The van der Waals surface area contributed by atoms with Gasteiger partial charge in [-0.15, -0.1) is 0 Å². The molecule has 0 aliphatic rings. The van der Waals surface area contributed by atoms with Crippen molar-refractivity contribution in [2.75, 3.05) is 40.9 Å². The van der Waals surface area contributed by atoms with Crippen LogP contribution in [0.15, 0.2) is 36.5 Å². The highest BCUT2D eigenvalue weighted by Crippen LogP contribution is 2.38. The van der Waals surface area contributed by atoms with Gasteiger partial charge in [-0.3, -0.25) is 9.36 Å². The molecule has 0 radical (unpaired) electrons. The topological polar surface area (TPSA) is 108 Å². The van der Waals surface area contributed by atoms with Gasteiger partial charge in [-0.25, -0.2) is 0 Å². The molecule has 0 heterocycles. The van der Waals surface area contributed by atoms with E-state index >= 15 is 0 Å². The van der Waals surface area contributed by atoms with Gasteiger partial charge >= 0.3 is 0 Å². The highest BCUT2D eigenvalue weighted by molar-refractivity contribution is 7.45. The number of unbranched alkanes of at least 4 members (excludes halogenated alkanes) is 26. The zero-order chi connectivity index (χ0) is 42.1. The van der Waals surface area contributed by atoms with Crippen LogP contribution in [0.3, 0.4) is 0 Å². The van der Waals surface area contributed by atoms with E-state index in [4.69, 9.17) is 9.05 Å². The van der Waals surface area contributed by atoms with Crippen molar-refractivity contribution < 1.29 is 32.9 Å². The number of aliphatic hydroxyl groups excluding tert-OH is 1. The van der Waals surface area contributed by atoms with Gasteiger partial charge in [0.05, 0.1) is 39.9 Å². The first-order chi connectivity index (χ1) is 27.5. The zero-order valence-electron chi connectivity index (χ0n) is 38.0. The zero-order valence-corrected chi connectivity index (χ0v) is 38.9. The molecule has 0 aliphatic heterocycles. The second-order valence-corrected chi connectivity index (χ2v) is 18.9. The number of carbonyl (C=O) groups excluding carboxylic acids is 1. The van der Waals surface area contributed by atoms with Crippen LogP contribution in [-0.4, -0.2) is 68.5 Å². The molecule has 8 nitrogen and oxygen atoms in total. The van der Waals surface area contributed by atoms with Gasteiger partial charge in [-0.05, 0) is 44.9 Å². The van der Waals surface area contributed by atoms with Crippen molar-refractivity contribution in [3.05, 3.63) is 36.5 Å². The molecule has 0 spiro atoms. The van der Waals surface area contributed by atoms with Gasteiger partial charge in [0, 0.05) is 6.42 Å². The first-order valence-corrected chi connectivity index (χ1v) is 25.3. The normalized spacial score (nSPS) is 14.6. The van der Waals surface area contributed by atoms with Crippen molar-refractivity contribution >= 4 is 13.7 Å². The molecule has 1 amide bonds. The van der Waals surface area contributed by atoms with Crippen molar-refractivity contribution in [1.29, 1.82) is 0 Å². The third-order valence-electron chi connectivity index (χ3n) is 10.6. The third kappa shape index (κ3) is 42.6. The second kappa shape index (κ2) is 40.1. The number of carbonyl (C=O) groups is 1. The van der Waals surface area contributed by atoms with Crippen LogP contribution in [0.4, 0.5) is 0 Å². The molecule has 0 saturated carbocycles. The lowest BCUT2D eigenvalue weighted by molar-refractivity contribution is -0.870. The van der Waals surface area contributed by atoms with E-state index in [9.17, 15) is 19.4 Å². The first kappa shape index (κ1) is 55.7. The van der Waals surface area contributed by atoms with Crippen LogP contribution >= 0.6 is 7.82 Å². The van der Waals surface area contributed by atoms with E-state index in [0.717, 1.165) is 44.9 Å². The van der Waals surface area contributed by atoms with Gasteiger partial charge < -0.3 is 28.8 Å². The summed E-state index contributed by atoms with van der Waals surface area (Å²) >= 11 is 0. The Hall–Kier alpha value is -1.28. The van der Waals surface area contributed by atoms with Crippen LogP contribution in [0.5, 0.6) is 0 Å². The van der Waals surface area contributed by atoms with E-state index in [1.165, 1.54) is 148 Å². The van der Waals surface area contributed by atoms with Crippen molar-refractivity contribution in [3.8, 4) is 0 Å². The number of nitrogens with one attached hydrogen (secondary N) is 1. The molecular weight excluding hydrogens is 732 g/mol. The quantitative estimate of drug-likeness (QED) is 0.0274. The van der Waals surface area contributed by atoms with Crippen LogP contribution in [-0.2, 0) is 18.4 Å². The highest BCUT2D eigenvalue weighted by atomic mass is 31.2. The van der Waals surface area contributed by atoms with Crippen molar-refractivity contribution in [1.82, 2.24) is 5.32 Å². The summed E-state index contributed by atoms with van der Waals surface area (Å²) in [6.45, 7) is 4.62. The van der Waals surface area contributed by atoms with E-state index in [1.807, 2.05) is 27.2 Å². The van der Waals surface area contributed by atoms with Gasteiger partial charge in [0.1, 0.15) is 13.2 Å². The van der Waals surface area contributed by atoms with Gasteiger partial charge in [-0.2, -0.15) is 0 Å². The molecule has 0 aliphatic carbocycles. The molecule has 0 saturated heterocycles. The predicted octanol–water partition coefficient (Wildman–Crippen LogP) is 12.8. The molecule has 0 aromatic heterocycles. The van der Waals surface area contributed by atoms with E-state index < -0.39 is 26.6 Å². The first-order valence-electron chi connectivity index (χ1n) is 23.9. The number of quaternary nitrogens is 1. The largest absolute Gasteiger partial charge is 0.756 e. The van der Waals surface area contributed by atoms with Crippen molar-refractivity contribution in [3.63, 3.8) is 0 Å². The summed E-state index contributed by atoms with van der Waals surface area (Å²) in [7, 11) is 1.24. The van der Waals surface area contributed by atoms with E-state index in [2.05, 4.69) is 43.5 Å². The lowest BCUT2D eigenvalue weighted by atomic mass is 10.0. The average Bonchev–Trinajstić information content (AvgIpc) is 3.16. The molecule has 0 rings (SSSR count). The standard InChI is InChI=1S/C48H93N2O6P/c1-6-8-10-12-14-16-18-20-22-24-25-26-28-30-32-34-36-38-40-42-48(52)49-46(45-56-57(53,54)55-44-43-50(3,4)5)47(51)41-39-37-35-33-31-29-27-23-21-19-17-15-13-11-9-7-2/h21,23,31,33,39,41,46-47,51H,6-20,22,24-30,32,34-38,40,42-45H2,1-5H3,(H-,49,52,53,54)/b23-21+,33-31+,41-39+. The molecule has 0 aromatic carbocycles. The molecule has 0 bridgehead atoms. The molecular formula is C48H93N2O6P. The fourth-order valence-corrected chi connectivity index (χ4v) is 7.50. The summed E-state index contributed by atoms with van der Waals surface area (Å²) in [5.74, 6) is -0.210. The average molecular weight is 825 g/mol. The van der Waals surface area contributed by atoms with Gasteiger partial charge in [0.25, 0.3) is 7.82 Å². The molecule has 0 aromatic rings. The lowest BCUT2D eigenvalue weighted by Gasteiger charge is -2.29. The number of phosphoric ester groups is 1. The van der Waals surface area contributed by atoms with Crippen LogP contribution in [0, 0.1) is 0 Å². The Bertz CT molecular complexity index is 1030. The Balaban J connectivity index is 4.40. The maximum Gasteiger partial charge on any atom is 0.268 e. The van der Waals surface area contributed by atoms with Crippen molar-refractivity contribution in [2.24, 2.45) is 0 Å². The number of hydrogen-bond donors (Lipinski definition) is 2. The second-order valence-electron chi connectivity index (χ2n) is 17.5. The number of hydrogen-bond acceptors (Lipinski definition) is 6. The highest BCUT2D eigenvalue weighted by Gasteiger charge is 2.23. The number of phosphoric acid groups is 1. The molecule has 3 unspecified atom stereocenters. The van der Waals surface area contributed by atoms with E-state index in [0.29, 0.717) is 17.4 Å². The molecule has 336 valence electrons. The fraction of sp³-hybridized carbons (Fsp3) is 0.854. The number of aliphatic hydroxyl groups is 1. The third-order valence-corrected chi connectivity index (χ3v) is 11.5. The summed E-state index contributed by atoms with van der Waals surface area (Å²) in [6.07, 6.45) is 49.1. The molecule has 57 heavy (non-hydrogen) atoms. The lowest BCUT2D eigenvalue weighted by Crippen LogP contribution is -2.45. The number of allylic oxidation sites excluding steroid dienone is 5. The van der Waals surface area contributed by atoms with Gasteiger partial charge in [0.2, 0.25) is 5.91 Å². The van der Waals surface area contributed by atoms with Crippen LogP contribution in [0.2, 0.25) is 0 Å². The van der Waals surface area contributed by atoms with E-state index in [-0.39, 0.29) is 12.5 Å². The Kier molecular flexibility index (Phi) is 39.2. The molecule has 2 N–H and O–H groups in total. The van der Waals surface area contributed by atoms with Crippen LogP contribution in [0.25, 0.3) is 0 Å². The summed E-state index contributed by atoms with van der Waals surface area (Å²) in [5.41, 5.74) is 0. The monoisotopic (exact) mass is 825 g/mol. The van der Waals surface area contributed by atoms with E-state index in [1.54, 1.807) is 6.08 Å². The fourth-order valence-electron chi connectivity index (χ4n) is 6.77. The summed E-state index contributed by atoms with van der Waals surface area (Å²) < 4.78 is 23.2. The van der Waals surface area contributed by atoms with Gasteiger partial charge in [-0.1, -0.05) is 198 Å². The Labute approximate surface area is 353 Å². The number of nitrogens with zero attached hydrogens (tertiary/aromatic N) is 1. The Morgan fingerprint density at radius 1 is 0.596 bits per heavy atom. The molecule has 0 fully saturated rings. The molecule has 9 heteroatoms. The minimum Gasteiger partial charge on any atom is -0.756 e. The summed E-state index contributed by atoms with van der Waals surface area (Å²) in [6, 6.07) is -0.906. The van der Waals surface area contributed by atoms with Crippen LogP contribution in [0.1, 0.15) is 213 Å². The summed E-state index contributed by atoms with van der Waals surface area (Å²) in [5, 5.41) is 13.8. The maximum absolute atomic E-state index is 12.9. The number of rotatable bonds is 43. The Morgan fingerprint density at radius 2 is 0.982 bits per heavy atom. The minimum absolute atomic E-state index is 0.00778. The number of likely N-dealkylation sites (N-methyl/N-ethyl adjacent to an activating group) is 1. The van der Waals surface area contributed by atoms with Crippen LogP contribution < -0.4 is 10.2 Å². The smallest absolute Gasteiger partial charge is 0.268 e. The summed E-state index contributed by atoms with van der Waals surface area (Å²) in [4.78, 5) is 25.3. The molecule has 3 atom stereocenters. The predicted molar refractivity (Wildman–Crippen MR) is 242 cm³/mol. The minimum atomic E-state index is -4.60. The van der Waals surface area contributed by atoms with Gasteiger partial charge in [0.15, 0.2) is 0 Å². The number of amides is 1. The SMILES string of the molecule is CCCCCCCC/C=C/CC/C=C/CC/C=C/C(O)C(COP(=O)([O-])OCC[N+](C)(C)C)NC(=O)CCCCCCCCCCCCCCCCCCCCC. The Morgan fingerprint density at radius 3 is 1.42 bits per heavy atom. The maximum atomic E-state index is 12.9.